The van der Waals surface area contributed by atoms with Gasteiger partial charge in [-0.25, -0.2) is 0 Å². The van der Waals surface area contributed by atoms with Crippen LogP contribution in [0.4, 0.5) is 0 Å². The Morgan fingerprint density at radius 2 is 0.554 bits per heavy atom. The smallest absolute Gasteiger partial charge is 0.220 e. The molecule has 0 saturated carbocycles. The summed E-state index contributed by atoms with van der Waals surface area (Å²) in [6.07, 6.45) is 90.8. The fraction of sp³-hybridized carbons (Fsp3) is 0.900. The summed E-state index contributed by atoms with van der Waals surface area (Å²) in [7, 11) is 0. The first-order valence-electron chi connectivity index (χ1n) is 34.2. The number of hydrogen-bond donors (Lipinski definition) is 3. The normalized spacial score (nSPS) is 12.9. The number of nitrogens with one attached hydrogen (secondary N) is 1. The highest BCUT2D eigenvalue weighted by Crippen LogP contribution is 2.19. The molecule has 0 heterocycles. The second-order valence-electron chi connectivity index (χ2n) is 23.6. The van der Waals surface area contributed by atoms with Crippen LogP contribution >= 0.6 is 0 Å². The van der Waals surface area contributed by atoms with E-state index in [4.69, 9.17) is 0 Å². The Morgan fingerprint density at radius 1 is 0.324 bits per heavy atom. The lowest BCUT2D eigenvalue weighted by Crippen LogP contribution is -2.45. The SMILES string of the molecule is CCCCCCC/C=C\C/C=C\CCCCCCCCCCCCCCCCCCCC(=O)NC(CO)C(O)/C=C/CCCCCCCCCCCCCCCCCCCCCCCCCCCCCCCCC. The zero-order chi connectivity index (χ0) is 53.4. The molecular formula is C70H135NO3. The number of rotatable bonds is 64. The summed E-state index contributed by atoms with van der Waals surface area (Å²) in [5.41, 5.74) is 0. The van der Waals surface area contributed by atoms with Gasteiger partial charge in [0.25, 0.3) is 0 Å². The topological polar surface area (TPSA) is 69.6 Å². The fourth-order valence-electron chi connectivity index (χ4n) is 10.9. The van der Waals surface area contributed by atoms with Gasteiger partial charge in [0.1, 0.15) is 0 Å². The van der Waals surface area contributed by atoms with E-state index < -0.39 is 12.1 Å². The van der Waals surface area contributed by atoms with Gasteiger partial charge in [-0.3, -0.25) is 4.79 Å². The van der Waals surface area contributed by atoms with Crippen molar-refractivity contribution in [1.29, 1.82) is 0 Å². The Morgan fingerprint density at radius 3 is 0.811 bits per heavy atom. The highest BCUT2D eigenvalue weighted by molar-refractivity contribution is 5.76. The van der Waals surface area contributed by atoms with Gasteiger partial charge in [-0.05, 0) is 51.4 Å². The maximum absolute atomic E-state index is 12.5. The number of carbonyl (C=O) groups excluding carboxylic acids is 1. The second-order valence-corrected chi connectivity index (χ2v) is 23.6. The number of carbonyl (C=O) groups is 1. The van der Waals surface area contributed by atoms with Crippen molar-refractivity contribution in [1.82, 2.24) is 5.32 Å². The average molecular weight is 1040 g/mol. The standard InChI is InChI=1S/C70H135NO3/c1-3-5-7-9-11-13-15-17-19-21-23-25-27-29-31-33-34-35-36-38-39-41-43-45-47-49-51-53-55-57-59-61-63-65-69(73)68(67-72)71-70(74)66-64-62-60-58-56-54-52-50-48-46-44-42-40-37-32-30-28-26-24-22-20-18-16-14-12-10-8-6-4-2/h16,18,22,24,63,65,68-69,72-73H,3-15,17,19-21,23,25-62,64,66-67H2,1-2H3,(H,71,74)/b18-16-,24-22-,65-63+. The number of allylic oxidation sites excluding steroid dienone is 5. The molecule has 0 rings (SSSR count). The van der Waals surface area contributed by atoms with Crippen molar-refractivity contribution in [3.8, 4) is 0 Å². The molecule has 4 heteroatoms. The molecule has 438 valence electrons. The first-order valence-corrected chi connectivity index (χ1v) is 34.2. The largest absolute Gasteiger partial charge is 0.394 e. The van der Waals surface area contributed by atoms with Crippen molar-refractivity contribution in [2.75, 3.05) is 6.61 Å². The van der Waals surface area contributed by atoms with Crippen molar-refractivity contribution in [3.63, 3.8) is 0 Å². The van der Waals surface area contributed by atoms with Crippen LogP contribution in [-0.2, 0) is 4.79 Å². The average Bonchev–Trinajstić information content (AvgIpc) is 3.40. The van der Waals surface area contributed by atoms with Crippen LogP contribution in [0.25, 0.3) is 0 Å². The van der Waals surface area contributed by atoms with Crippen LogP contribution in [0.15, 0.2) is 36.5 Å². The summed E-state index contributed by atoms with van der Waals surface area (Å²) in [5, 5.41) is 23.3. The highest BCUT2D eigenvalue weighted by Gasteiger charge is 2.18. The minimum absolute atomic E-state index is 0.0569. The third-order valence-electron chi connectivity index (χ3n) is 16.1. The van der Waals surface area contributed by atoms with Crippen molar-refractivity contribution in [2.24, 2.45) is 0 Å². The molecule has 0 bridgehead atoms. The molecule has 4 nitrogen and oxygen atoms in total. The highest BCUT2D eigenvalue weighted by atomic mass is 16.3. The summed E-state index contributed by atoms with van der Waals surface area (Å²) in [6, 6.07) is -0.623. The summed E-state index contributed by atoms with van der Waals surface area (Å²) in [6.45, 7) is 4.34. The third-order valence-corrected chi connectivity index (χ3v) is 16.1. The van der Waals surface area contributed by atoms with Crippen molar-refractivity contribution in [3.05, 3.63) is 36.5 Å². The van der Waals surface area contributed by atoms with Gasteiger partial charge in [0.05, 0.1) is 18.8 Å². The van der Waals surface area contributed by atoms with E-state index in [1.165, 1.54) is 334 Å². The van der Waals surface area contributed by atoms with E-state index in [1.54, 1.807) is 6.08 Å². The van der Waals surface area contributed by atoms with Gasteiger partial charge >= 0.3 is 0 Å². The molecule has 0 spiro atoms. The fourth-order valence-corrected chi connectivity index (χ4v) is 10.9. The molecule has 74 heavy (non-hydrogen) atoms. The van der Waals surface area contributed by atoms with Crippen LogP contribution in [0, 0.1) is 0 Å². The van der Waals surface area contributed by atoms with Crippen LogP contribution < -0.4 is 5.32 Å². The van der Waals surface area contributed by atoms with E-state index in [0.717, 1.165) is 32.1 Å². The molecular weight excluding hydrogens is 903 g/mol. The molecule has 0 aliphatic rings. The van der Waals surface area contributed by atoms with Crippen LogP contribution in [0.5, 0.6) is 0 Å². The van der Waals surface area contributed by atoms with Crippen LogP contribution in [0.3, 0.4) is 0 Å². The van der Waals surface area contributed by atoms with Crippen molar-refractivity contribution < 1.29 is 15.0 Å². The molecule has 0 radical (unpaired) electrons. The van der Waals surface area contributed by atoms with Gasteiger partial charge in [-0.15, -0.1) is 0 Å². The summed E-state index contributed by atoms with van der Waals surface area (Å²) >= 11 is 0. The Labute approximate surface area is 465 Å². The Bertz CT molecular complexity index is 1130. The van der Waals surface area contributed by atoms with Crippen LogP contribution in [-0.4, -0.2) is 34.9 Å². The lowest BCUT2D eigenvalue weighted by Gasteiger charge is -2.20. The summed E-state index contributed by atoms with van der Waals surface area (Å²) < 4.78 is 0. The molecule has 1 amide bonds. The van der Waals surface area contributed by atoms with E-state index in [-0.39, 0.29) is 12.5 Å². The van der Waals surface area contributed by atoms with E-state index in [1.807, 2.05) is 6.08 Å². The van der Waals surface area contributed by atoms with E-state index in [9.17, 15) is 15.0 Å². The first-order chi connectivity index (χ1) is 36.7. The molecule has 0 aliphatic carbocycles. The quantitative estimate of drug-likeness (QED) is 0.0420. The molecule has 3 N–H and O–H groups in total. The second kappa shape index (κ2) is 65.9. The van der Waals surface area contributed by atoms with Crippen molar-refractivity contribution >= 4 is 5.91 Å². The molecule has 0 saturated heterocycles. The number of amides is 1. The molecule has 0 aliphatic heterocycles. The molecule has 2 unspecified atom stereocenters. The van der Waals surface area contributed by atoms with E-state index in [2.05, 4.69) is 43.5 Å². The maximum Gasteiger partial charge on any atom is 0.220 e. The monoisotopic (exact) mass is 1040 g/mol. The third kappa shape index (κ3) is 61.5. The minimum atomic E-state index is -0.840. The van der Waals surface area contributed by atoms with Gasteiger partial charge in [0, 0.05) is 6.42 Å². The molecule has 0 fully saturated rings. The van der Waals surface area contributed by atoms with Gasteiger partial charge < -0.3 is 15.5 Å². The summed E-state index contributed by atoms with van der Waals surface area (Å²) in [5.74, 6) is -0.0569. The zero-order valence-electron chi connectivity index (χ0n) is 50.6. The Kier molecular flexibility index (Phi) is 64.7. The minimum Gasteiger partial charge on any atom is -0.394 e. The number of aliphatic hydroxyl groups excluding tert-OH is 2. The van der Waals surface area contributed by atoms with Crippen LogP contribution in [0.1, 0.15) is 386 Å². The number of aliphatic hydroxyl groups is 2. The predicted octanol–water partition coefficient (Wildman–Crippen LogP) is 23.2. The summed E-state index contributed by atoms with van der Waals surface area (Å²) in [4.78, 5) is 12.5. The van der Waals surface area contributed by atoms with Gasteiger partial charge in [-0.1, -0.05) is 365 Å². The van der Waals surface area contributed by atoms with Gasteiger partial charge in [-0.2, -0.15) is 0 Å². The number of hydrogen-bond acceptors (Lipinski definition) is 3. The van der Waals surface area contributed by atoms with Gasteiger partial charge in [0.15, 0.2) is 0 Å². The van der Waals surface area contributed by atoms with E-state index >= 15 is 0 Å². The first kappa shape index (κ1) is 72.6. The number of unbranched alkanes of at least 4 members (excludes halogenated alkanes) is 53. The molecule has 0 aromatic carbocycles. The van der Waals surface area contributed by atoms with E-state index in [0.29, 0.717) is 6.42 Å². The Hall–Kier alpha value is -1.39. The van der Waals surface area contributed by atoms with Gasteiger partial charge in [0.2, 0.25) is 5.91 Å². The molecule has 0 aromatic heterocycles. The lowest BCUT2D eigenvalue weighted by molar-refractivity contribution is -0.123. The molecule has 0 aromatic rings. The maximum atomic E-state index is 12.5. The van der Waals surface area contributed by atoms with Crippen LogP contribution in [0.2, 0.25) is 0 Å². The lowest BCUT2D eigenvalue weighted by atomic mass is 10.0. The predicted molar refractivity (Wildman–Crippen MR) is 332 cm³/mol. The van der Waals surface area contributed by atoms with Crippen molar-refractivity contribution in [2.45, 2.75) is 398 Å². The Balaban J connectivity index is 3.42. The zero-order valence-corrected chi connectivity index (χ0v) is 50.6. The molecule has 2 atom stereocenters.